The van der Waals surface area contributed by atoms with Crippen molar-refractivity contribution in [1.29, 1.82) is 0 Å². The molecule has 0 saturated heterocycles. The van der Waals surface area contributed by atoms with Crippen molar-refractivity contribution in [2.45, 2.75) is 6.54 Å². The topological polar surface area (TPSA) is 54.2 Å². The van der Waals surface area contributed by atoms with Crippen LogP contribution in [0.25, 0.3) is 11.0 Å². The van der Waals surface area contributed by atoms with Gasteiger partial charge in [0, 0.05) is 26.4 Å². The molecule has 1 aromatic carbocycles. The van der Waals surface area contributed by atoms with Crippen LogP contribution < -0.4 is 10.6 Å². The van der Waals surface area contributed by atoms with Gasteiger partial charge in [0.25, 0.3) is 0 Å². The number of rotatable bonds is 5. The molecule has 0 spiro atoms. The molecule has 0 bridgehead atoms. The molecule has 0 aliphatic carbocycles. The summed E-state index contributed by atoms with van der Waals surface area (Å²) in [4.78, 5) is 8.84. The van der Waals surface area contributed by atoms with Gasteiger partial charge in [-0.1, -0.05) is 12.1 Å². The van der Waals surface area contributed by atoms with Gasteiger partial charge in [0.15, 0.2) is 5.96 Å². The number of imidazole rings is 1. The molecule has 0 saturated carbocycles. The molecule has 0 amide bonds. The number of hydrogen-bond donors (Lipinski definition) is 2. The lowest BCUT2D eigenvalue weighted by atomic mass is 10.3. The van der Waals surface area contributed by atoms with Crippen LogP contribution in [0, 0.1) is 0 Å². The zero-order valence-corrected chi connectivity index (χ0v) is 13.0. The molecule has 0 aliphatic rings. The van der Waals surface area contributed by atoms with Gasteiger partial charge in [-0.3, -0.25) is 4.99 Å². The van der Waals surface area contributed by atoms with E-state index in [1.54, 1.807) is 7.05 Å². The minimum absolute atomic E-state index is 0.657. The SMILES string of the molecule is CN=C(NCCSC)NCc1nc2ccccc2n1C. The number of nitrogens with zero attached hydrogens (tertiary/aromatic N) is 3. The summed E-state index contributed by atoms with van der Waals surface area (Å²) >= 11 is 1.81. The number of fused-ring (bicyclic) bond motifs is 1. The molecule has 1 aromatic heterocycles. The molecule has 2 N–H and O–H groups in total. The van der Waals surface area contributed by atoms with Crippen molar-refractivity contribution in [3.63, 3.8) is 0 Å². The maximum absolute atomic E-state index is 4.63. The Labute approximate surface area is 123 Å². The normalized spacial score (nSPS) is 11.8. The molecule has 0 unspecified atom stereocenters. The molecular weight excluding hydrogens is 270 g/mol. The van der Waals surface area contributed by atoms with Gasteiger partial charge in [0.1, 0.15) is 5.82 Å². The Balaban J connectivity index is 1.99. The Kier molecular flexibility index (Phi) is 5.29. The third kappa shape index (κ3) is 3.45. The maximum atomic E-state index is 4.63. The fourth-order valence-corrected chi connectivity index (χ4v) is 2.31. The lowest BCUT2D eigenvalue weighted by Gasteiger charge is -2.11. The van der Waals surface area contributed by atoms with Gasteiger partial charge in [0.2, 0.25) is 0 Å². The molecule has 2 aromatic rings. The first kappa shape index (κ1) is 14.7. The summed E-state index contributed by atoms with van der Waals surface area (Å²) in [6, 6.07) is 8.15. The highest BCUT2D eigenvalue weighted by molar-refractivity contribution is 7.98. The molecule has 6 heteroatoms. The fraction of sp³-hybridized carbons (Fsp3) is 0.429. The second kappa shape index (κ2) is 7.19. The molecule has 20 heavy (non-hydrogen) atoms. The van der Waals surface area contributed by atoms with Gasteiger partial charge in [0.05, 0.1) is 17.6 Å². The number of nitrogens with one attached hydrogen (secondary N) is 2. The quantitative estimate of drug-likeness (QED) is 0.499. The average Bonchev–Trinajstić information content (AvgIpc) is 2.80. The Hall–Kier alpha value is -1.69. The second-order valence-corrected chi connectivity index (χ2v) is 5.41. The van der Waals surface area contributed by atoms with Gasteiger partial charge < -0.3 is 15.2 Å². The van der Waals surface area contributed by atoms with E-state index in [-0.39, 0.29) is 0 Å². The lowest BCUT2D eigenvalue weighted by molar-refractivity contribution is 0.743. The molecule has 0 radical (unpaired) electrons. The zero-order valence-electron chi connectivity index (χ0n) is 12.2. The summed E-state index contributed by atoms with van der Waals surface area (Å²) in [6.45, 7) is 1.56. The highest BCUT2D eigenvalue weighted by Gasteiger charge is 2.07. The predicted molar refractivity (Wildman–Crippen MR) is 87.3 cm³/mol. The Bertz CT molecular complexity index is 590. The average molecular weight is 291 g/mol. The van der Waals surface area contributed by atoms with E-state index in [0.29, 0.717) is 6.54 Å². The second-order valence-electron chi connectivity index (χ2n) is 4.42. The summed E-state index contributed by atoms with van der Waals surface area (Å²) in [6.07, 6.45) is 2.09. The van der Waals surface area contributed by atoms with Gasteiger partial charge in [-0.25, -0.2) is 4.98 Å². The third-order valence-corrected chi connectivity index (χ3v) is 3.73. The summed E-state index contributed by atoms with van der Waals surface area (Å²) in [7, 11) is 3.82. The summed E-state index contributed by atoms with van der Waals surface area (Å²) in [5.74, 6) is 2.87. The minimum atomic E-state index is 0.657. The lowest BCUT2D eigenvalue weighted by Crippen LogP contribution is -2.38. The van der Waals surface area contributed by atoms with E-state index >= 15 is 0 Å². The number of aliphatic imine (C=N–C) groups is 1. The van der Waals surface area contributed by atoms with Crippen molar-refractivity contribution in [1.82, 2.24) is 20.2 Å². The Morgan fingerprint density at radius 2 is 2.15 bits per heavy atom. The monoisotopic (exact) mass is 291 g/mol. The molecule has 1 heterocycles. The van der Waals surface area contributed by atoms with Crippen molar-refractivity contribution in [2.24, 2.45) is 12.0 Å². The fourth-order valence-electron chi connectivity index (χ4n) is 2.01. The highest BCUT2D eigenvalue weighted by atomic mass is 32.2. The summed E-state index contributed by atoms with van der Waals surface area (Å²) in [5, 5.41) is 6.57. The Morgan fingerprint density at radius 3 is 2.85 bits per heavy atom. The van der Waals surface area contributed by atoms with Crippen molar-refractivity contribution < 1.29 is 0 Å². The van der Waals surface area contributed by atoms with Crippen LogP contribution in [0.3, 0.4) is 0 Å². The Morgan fingerprint density at radius 1 is 1.35 bits per heavy atom. The van der Waals surface area contributed by atoms with Crippen LogP contribution in [0.5, 0.6) is 0 Å². The minimum Gasteiger partial charge on any atom is -0.356 e. The number of hydrogen-bond acceptors (Lipinski definition) is 3. The van der Waals surface area contributed by atoms with Gasteiger partial charge in [-0.2, -0.15) is 11.8 Å². The van der Waals surface area contributed by atoms with E-state index in [0.717, 1.165) is 35.1 Å². The van der Waals surface area contributed by atoms with Gasteiger partial charge >= 0.3 is 0 Å². The predicted octanol–water partition coefficient (Wildman–Crippen LogP) is 1.60. The van der Waals surface area contributed by atoms with E-state index in [1.807, 2.05) is 37.0 Å². The molecule has 5 nitrogen and oxygen atoms in total. The van der Waals surface area contributed by atoms with Crippen LogP contribution >= 0.6 is 11.8 Å². The van der Waals surface area contributed by atoms with E-state index < -0.39 is 0 Å². The van der Waals surface area contributed by atoms with Gasteiger partial charge in [-0.05, 0) is 18.4 Å². The summed E-state index contributed by atoms with van der Waals surface area (Å²) in [5.41, 5.74) is 2.17. The van der Waals surface area contributed by atoms with Crippen LogP contribution in [-0.2, 0) is 13.6 Å². The van der Waals surface area contributed by atoms with Crippen LogP contribution in [0.1, 0.15) is 5.82 Å². The van der Waals surface area contributed by atoms with Crippen LogP contribution in [0.4, 0.5) is 0 Å². The first-order chi connectivity index (χ1) is 9.76. The van der Waals surface area contributed by atoms with E-state index in [4.69, 9.17) is 0 Å². The van der Waals surface area contributed by atoms with Crippen LogP contribution in [0.2, 0.25) is 0 Å². The number of benzene rings is 1. The number of thioether (sulfide) groups is 1. The highest BCUT2D eigenvalue weighted by Crippen LogP contribution is 2.13. The van der Waals surface area contributed by atoms with Crippen molar-refractivity contribution >= 4 is 28.8 Å². The third-order valence-electron chi connectivity index (χ3n) is 3.12. The smallest absolute Gasteiger partial charge is 0.191 e. The number of para-hydroxylation sites is 2. The molecule has 2 rings (SSSR count). The maximum Gasteiger partial charge on any atom is 0.191 e. The first-order valence-corrected chi connectivity index (χ1v) is 7.99. The number of aromatic nitrogens is 2. The largest absolute Gasteiger partial charge is 0.356 e. The van der Waals surface area contributed by atoms with Gasteiger partial charge in [-0.15, -0.1) is 0 Å². The van der Waals surface area contributed by atoms with Crippen LogP contribution in [0.15, 0.2) is 29.3 Å². The van der Waals surface area contributed by atoms with Crippen molar-refractivity contribution in [3.05, 3.63) is 30.1 Å². The molecule has 0 aliphatic heterocycles. The number of guanidine groups is 1. The van der Waals surface area contributed by atoms with Crippen molar-refractivity contribution in [2.75, 3.05) is 25.6 Å². The number of aryl methyl sites for hydroxylation is 1. The van der Waals surface area contributed by atoms with E-state index in [9.17, 15) is 0 Å². The molecular formula is C14H21N5S. The molecule has 108 valence electrons. The molecule has 0 atom stereocenters. The molecule has 0 fully saturated rings. The summed E-state index contributed by atoms with van der Waals surface area (Å²) < 4.78 is 2.11. The zero-order chi connectivity index (χ0) is 14.4. The van der Waals surface area contributed by atoms with Crippen LogP contribution in [-0.4, -0.2) is 41.1 Å². The van der Waals surface area contributed by atoms with E-state index in [2.05, 4.69) is 37.5 Å². The van der Waals surface area contributed by atoms with E-state index in [1.165, 1.54) is 0 Å². The van der Waals surface area contributed by atoms with Crippen molar-refractivity contribution in [3.8, 4) is 0 Å². The standard InChI is InChI=1S/C14H21N5S/c1-15-14(16-8-9-20-3)17-10-13-18-11-6-4-5-7-12(11)19(13)2/h4-7H,8-10H2,1-3H3,(H2,15,16,17). The first-order valence-electron chi connectivity index (χ1n) is 6.60.